The van der Waals surface area contributed by atoms with Gasteiger partial charge in [0.05, 0.1) is 6.21 Å². The highest BCUT2D eigenvalue weighted by Crippen LogP contribution is 1.91. The predicted octanol–water partition coefficient (Wildman–Crippen LogP) is 1.84. The fourth-order valence-electron chi connectivity index (χ4n) is 0.692. The molecular weight excluding hydrogens is 152 g/mol. The van der Waals surface area contributed by atoms with Crippen molar-refractivity contribution in [2.24, 2.45) is 5.16 Å². The van der Waals surface area contributed by atoms with Crippen molar-refractivity contribution in [1.29, 1.82) is 0 Å². The number of pyridine rings is 1. The molecule has 0 saturated heterocycles. The smallest absolute Gasteiger partial charge is 0.116 e. The van der Waals surface area contributed by atoms with Crippen LogP contribution in [0.5, 0.6) is 0 Å². The van der Waals surface area contributed by atoms with Gasteiger partial charge in [-0.25, -0.2) is 0 Å². The van der Waals surface area contributed by atoms with Crippen LogP contribution in [0.4, 0.5) is 0 Å². The molecule has 1 aromatic rings. The van der Waals surface area contributed by atoms with Crippen molar-refractivity contribution in [2.75, 3.05) is 6.61 Å². The molecule has 0 aliphatic rings. The standard InChI is InChI=1S/C9H12N2O/c1-2-7-12-11-8-9-3-5-10-6-4-9/h3-6,8H,2,7H2,1H3/b11-8+. The van der Waals surface area contributed by atoms with E-state index in [0.29, 0.717) is 6.61 Å². The number of oxime groups is 1. The quantitative estimate of drug-likeness (QED) is 0.386. The largest absolute Gasteiger partial charge is 0.396 e. The Morgan fingerprint density at radius 1 is 1.50 bits per heavy atom. The Kier molecular flexibility index (Phi) is 3.84. The molecule has 0 spiro atoms. The molecule has 0 aromatic carbocycles. The van der Waals surface area contributed by atoms with Crippen LogP contribution in [0.1, 0.15) is 18.9 Å². The summed E-state index contributed by atoms with van der Waals surface area (Å²) in [4.78, 5) is 8.82. The molecule has 3 heteroatoms. The maximum Gasteiger partial charge on any atom is 0.116 e. The van der Waals surface area contributed by atoms with Crippen LogP contribution in [-0.4, -0.2) is 17.8 Å². The lowest BCUT2D eigenvalue weighted by atomic mass is 10.3. The number of rotatable bonds is 4. The number of hydrogen-bond donors (Lipinski definition) is 0. The maximum atomic E-state index is 4.94. The molecular formula is C9H12N2O. The van der Waals surface area contributed by atoms with Gasteiger partial charge in [-0.15, -0.1) is 0 Å². The molecule has 0 N–H and O–H groups in total. The molecule has 12 heavy (non-hydrogen) atoms. The van der Waals surface area contributed by atoms with Gasteiger partial charge >= 0.3 is 0 Å². The van der Waals surface area contributed by atoms with E-state index in [1.54, 1.807) is 18.6 Å². The first-order chi connectivity index (χ1) is 5.93. The molecule has 64 valence electrons. The number of aromatic nitrogens is 1. The van der Waals surface area contributed by atoms with Crippen molar-refractivity contribution in [1.82, 2.24) is 4.98 Å². The lowest BCUT2D eigenvalue weighted by Gasteiger charge is -1.93. The van der Waals surface area contributed by atoms with E-state index in [2.05, 4.69) is 10.1 Å². The minimum Gasteiger partial charge on any atom is -0.396 e. The van der Waals surface area contributed by atoms with Crippen LogP contribution in [0.2, 0.25) is 0 Å². The van der Waals surface area contributed by atoms with Crippen molar-refractivity contribution >= 4 is 6.21 Å². The zero-order valence-electron chi connectivity index (χ0n) is 7.10. The molecule has 0 unspecified atom stereocenters. The number of hydrogen-bond acceptors (Lipinski definition) is 3. The third kappa shape index (κ3) is 3.14. The van der Waals surface area contributed by atoms with Gasteiger partial charge in [0.2, 0.25) is 0 Å². The van der Waals surface area contributed by atoms with Gasteiger partial charge in [0.1, 0.15) is 6.61 Å². The molecule has 0 saturated carbocycles. The molecule has 0 radical (unpaired) electrons. The van der Waals surface area contributed by atoms with E-state index in [-0.39, 0.29) is 0 Å². The fourth-order valence-corrected chi connectivity index (χ4v) is 0.692. The van der Waals surface area contributed by atoms with Crippen LogP contribution in [0, 0.1) is 0 Å². The van der Waals surface area contributed by atoms with E-state index in [0.717, 1.165) is 12.0 Å². The van der Waals surface area contributed by atoms with Gasteiger partial charge in [0.25, 0.3) is 0 Å². The zero-order chi connectivity index (χ0) is 8.65. The monoisotopic (exact) mass is 164 g/mol. The average molecular weight is 164 g/mol. The Bertz CT molecular complexity index is 234. The summed E-state index contributed by atoms with van der Waals surface area (Å²) in [5, 5.41) is 3.78. The van der Waals surface area contributed by atoms with Gasteiger partial charge in [-0.1, -0.05) is 12.1 Å². The van der Waals surface area contributed by atoms with Crippen LogP contribution in [0.25, 0.3) is 0 Å². The lowest BCUT2D eigenvalue weighted by Crippen LogP contribution is -1.86. The molecule has 0 aliphatic heterocycles. The van der Waals surface area contributed by atoms with Gasteiger partial charge in [0.15, 0.2) is 0 Å². The highest BCUT2D eigenvalue weighted by atomic mass is 16.6. The molecule has 0 atom stereocenters. The first-order valence-corrected chi connectivity index (χ1v) is 3.99. The molecule has 0 fully saturated rings. The van der Waals surface area contributed by atoms with Crippen molar-refractivity contribution in [2.45, 2.75) is 13.3 Å². The van der Waals surface area contributed by atoms with E-state index in [1.165, 1.54) is 0 Å². The molecule has 0 amide bonds. The minimum absolute atomic E-state index is 0.668. The van der Waals surface area contributed by atoms with E-state index >= 15 is 0 Å². The highest BCUT2D eigenvalue weighted by molar-refractivity contribution is 5.78. The fraction of sp³-hybridized carbons (Fsp3) is 0.333. The lowest BCUT2D eigenvalue weighted by molar-refractivity contribution is 0.146. The van der Waals surface area contributed by atoms with Crippen molar-refractivity contribution in [3.05, 3.63) is 30.1 Å². The summed E-state index contributed by atoms with van der Waals surface area (Å²) >= 11 is 0. The summed E-state index contributed by atoms with van der Waals surface area (Å²) in [6.07, 6.45) is 6.10. The van der Waals surface area contributed by atoms with Gasteiger partial charge in [0, 0.05) is 12.4 Å². The Hall–Kier alpha value is -1.38. The zero-order valence-corrected chi connectivity index (χ0v) is 7.10. The van der Waals surface area contributed by atoms with Crippen molar-refractivity contribution in [3.8, 4) is 0 Å². The van der Waals surface area contributed by atoms with Gasteiger partial charge < -0.3 is 4.84 Å². The summed E-state index contributed by atoms with van der Waals surface area (Å²) in [7, 11) is 0. The Labute approximate surface area is 72.1 Å². The summed E-state index contributed by atoms with van der Waals surface area (Å²) in [6.45, 7) is 2.71. The van der Waals surface area contributed by atoms with Crippen LogP contribution in [0.3, 0.4) is 0 Å². The molecule has 0 bridgehead atoms. The summed E-state index contributed by atoms with van der Waals surface area (Å²) < 4.78 is 0. The van der Waals surface area contributed by atoms with Gasteiger partial charge in [-0.3, -0.25) is 4.98 Å². The molecule has 1 heterocycles. The maximum absolute atomic E-state index is 4.94. The van der Waals surface area contributed by atoms with E-state index in [9.17, 15) is 0 Å². The normalized spacial score (nSPS) is 10.4. The Morgan fingerprint density at radius 2 is 2.25 bits per heavy atom. The summed E-state index contributed by atoms with van der Waals surface area (Å²) in [5.74, 6) is 0. The third-order valence-corrected chi connectivity index (χ3v) is 1.28. The Morgan fingerprint density at radius 3 is 2.92 bits per heavy atom. The summed E-state index contributed by atoms with van der Waals surface area (Å²) in [5.41, 5.74) is 1.00. The van der Waals surface area contributed by atoms with Crippen LogP contribution in [0.15, 0.2) is 29.7 Å². The Balaban J connectivity index is 2.36. The topological polar surface area (TPSA) is 34.5 Å². The molecule has 1 rings (SSSR count). The second-order valence-electron chi connectivity index (χ2n) is 2.35. The highest BCUT2D eigenvalue weighted by Gasteiger charge is 1.83. The van der Waals surface area contributed by atoms with Crippen molar-refractivity contribution < 1.29 is 4.84 Å². The van der Waals surface area contributed by atoms with Crippen LogP contribution < -0.4 is 0 Å². The second kappa shape index (κ2) is 5.29. The predicted molar refractivity (Wildman–Crippen MR) is 48.1 cm³/mol. The first-order valence-electron chi connectivity index (χ1n) is 3.99. The second-order valence-corrected chi connectivity index (χ2v) is 2.35. The first kappa shape index (κ1) is 8.71. The molecule has 3 nitrogen and oxygen atoms in total. The molecule has 1 aromatic heterocycles. The van der Waals surface area contributed by atoms with Gasteiger partial charge in [-0.05, 0) is 24.1 Å². The van der Waals surface area contributed by atoms with E-state index < -0.39 is 0 Å². The van der Waals surface area contributed by atoms with Crippen molar-refractivity contribution in [3.63, 3.8) is 0 Å². The summed E-state index contributed by atoms with van der Waals surface area (Å²) in [6, 6.07) is 3.75. The van der Waals surface area contributed by atoms with E-state index in [1.807, 2.05) is 19.1 Å². The van der Waals surface area contributed by atoms with Crippen LogP contribution in [-0.2, 0) is 4.84 Å². The minimum atomic E-state index is 0.668. The van der Waals surface area contributed by atoms with Gasteiger partial charge in [-0.2, -0.15) is 0 Å². The molecule has 0 aliphatic carbocycles. The number of nitrogens with zero attached hydrogens (tertiary/aromatic N) is 2. The SMILES string of the molecule is CCCO/N=C/c1ccncc1. The van der Waals surface area contributed by atoms with Crippen LogP contribution >= 0.6 is 0 Å². The third-order valence-electron chi connectivity index (χ3n) is 1.28. The van der Waals surface area contributed by atoms with E-state index in [4.69, 9.17) is 4.84 Å². The average Bonchev–Trinajstić information content (AvgIpc) is 2.14.